The number of benzene rings is 1. The van der Waals surface area contributed by atoms with Crippen molar-refractivity contribution in [2.45, 2.75) is 0 Å². The van der Waals surface area contributed by atoms with E-state index >= 15 is 0 Å². The average Bonchev–Trinajstić information content (AvgIpc) is 2.30. The zero-order valence-electron chi connectivity index (χ0n) is 7.68. The molecule has 2 rings (SSSR count). The Balaban J connectivity index is 2.55. The Morgan fingerprint density at radius 3 is 2.47 bits per heavy atom. The highest BCUT2D eigenvalue weighted by atomic mass is 19.1. The third-order valence-electron chi connectivity index (χ3n) is 1.91. The van der Waals surface area contributed by atoms with Crippen LogP contribution in [0.1, 0.15) is 5.56 Å². The lowest BCUT2D eigenvalue weighted by molar-refractivity contribution is 0.614. The fraction of sp³-hybridized carbons (Fsp3) is 0. The van der Waals surface area contributed by atoms with Gasteiger partial charge >= 0.3 is 0 Å². The summed E-state index contributed by atoms with van der Waals surface area (Å²) < 4.78 is 12.6. The number of hydrogen-bond donors (Lipinski definition) is 0. The Labute approximate surface area is 85.9 Å². The van der Waals surface area contributed by atoms with Crippen LogP contribution in [0.25, 0.3) is 11.4 Å². The Kier molecular flexibility index (Phi) is 2.38. The number of nitrogens with zero attached hydrogens (tertiary/aromatic N) is 3. The summed E-state index contributed by atoms with van der Waals surface area (Å²) in [5, 5.41) is 8.85. The molecular weight excluding hydrogens is 193 g/mol. The molecule has 0 spiro atoms. The number of nitriles is 1. The van der Waals surface area contributed by atoms with Crippen LogP contribution in [-0.2, 0) is 0 Å². The van der Waals surface area contributed by atoms with E-state index in [4.69, 9.17) is 5.26 Å². The second kappa shape index (κ2) is 3.84. The number of halogens is 1. The molecule has 0 aliphatic heterocycles. The van der Waals surface area contributed by atoms with Crippen molar-refractivity contribution in [3.05, 3.63) is 48.0 Å². The van der Waals surface area contributed by atoms with Crippen molar-refractivity contribution in [3.8, 4) is 17.5 Å². The summed E-state index contributed by atoms with van der Waals surface area (Å²) in [5.41, 5.74) is 1.09. The molecule has 0 saturated carbocycles. The molecular formula is C11H6FN3. The zero-order valence-corrected chi connectivity index (χ0v) is 7.68. The van der Waals surface area contributed by atoms with Gasteiger partial charge in [-0.05, 0) is 12.1 Å². The van der Waals surface area contributed by atoms with Gasteiger partial charge in [0.25, 0.3) is 0 Å². The van der Waals surface area contributed by atoms with Gasteiger partial charge in [0.2, 0.25) is 0 Å². The topological polar surface area (TPSA) is 49.6 Å². The molecule has 0 atom stereocenters. The molecule has 0 saturated heterocycles. The van der Waals surface area contributed by atoms with Crippen molar-refractivity contribution >= 4 is 0 Å². The van der Waals surface area contributed by atoms with Crippen LogP contribution >= 0.6 is 0 Å². The zero-order chi connectivity index (χ0) is 10.7. The van der Waals surface area contributed by atoms with Crippen LogP contribution in [-0.4, -0.2) is 9.97 Å². The molecule has 0 amide bonds. The van der Waals surface area contributed by atoms with E-state index in [1.54, 1.807) is 24.3 Å². The third-order valence-corrected chi connectivity index (χ3v) is 1.91. The standard InChI is InChI=1S/C11H6FN3/c12-9-6-14-11(15-7-9)10-4-2-1-3-8(10)5-13/h1-4,6-7H. The Bertz CT molecular complexity index is 514. The first-order chi connectivity index (χ1) is 7.31. The van der Waals surface area contributed by atoms with Crippen LogP contribution in [0.15, 0.2) is 36.7 Å². The molecule has 0 bridgehead atoms. The largest absolute Gasteiger partial charge is 0.233 e. The van der Waals surface area contributed by atoms with Crippen LogP contribution < -0.4 is 0 Å². The second-order valence-electron chi connectivity index (χ2n) is 2.88. The lowest BCUT2D eigenvalue weighted by atomic mass is 10.1. The first kappa shape index (κ1) is 9.28. The maximum absolute atomic E-state index is 12.6. The molecule has 3 nitrogen and oxygen atoms in total. The van der Waals surface area contributed by atoms with Gasteiger partial charge in [0.15, 0.2) is 11.6 Å². The summed E-state index contributed by atoms with van der Waals surface area (Å²) in [6, 6.07) is 8.97. The van der Waals surface area contributed by atoms with E-state index in [0.717, 1.165) is 12.4 Å². The Morgan fingerprint density at radius 2 is 1.80 bits per heavy atom. The van der Waals surface area contributed by atoms with E-state index in [9.17, 15) is 4.39 Å². The van der Waals surface area contributed by atoms with Gasteiger partial charge in [-0.3, -0.25) is 0 Å². The van der Waals surface area contributed by atoms with E-state index in [0.29, 0.717) is 17.0 Å². The van der Waals surface area contributed by atoms with E-state index in [1.165, 1.54) is 0 Å². The summed E-state index contributed by atoms with van der Waals surface area (Å²) in [6.07, 6.45) is 2.16. The van der Waals surface area contributed by atoms with Crippen molar-refractivity contribution in [3.63, 3.8) is 0 Å². The predicted molar refractivity (Wildman–Crippen MR) is 52.1 cm³/mol. The summed E-state index contributed by atoms with van der Waals surface area (Å²) >= 11 is 0. The normalized spacial score (nSPS) is 9.60. The highest BCUT2D eigenvalue weighted by molar-refractivity contribution is 5.63. The van der Waals surface area contributed by atoms with Crippen LogP contribution in [0.3, 0.4) is 0 Å². The van der Waals surface area contributed by atoms with Crippen molar-refractivity contribution < 1.29 is 4.39 Å². The first-order valence-corrected chi connectivity index (χ1v) is 4.28. The lowest BCUT2D eigenvalue weighted by Gasteiger charge is -2.00. The Hall–Kier alpha value is -2.28. The minimum absolute atomic E-state index is 0.355. The summed E-state index contributed by atoms with van der Waals surface area (Å²) in [5.74, 6) is -0.137. The van der Waals surface area contributed by atoms with Crippen LogP contribution in [0.4, 0.5) is 4.39 Å². The van der Waals surface area contributed by atoms with Crippen molar-refractivity contribution in [1.29, 1.82) is 5.26 Å². The van der Waals surface area contributed by atoms with E-state index in [2.05, 4.69) is 9.97 Å². The van der Waals surface area contributed by atoms with Crippen LogP contribution in [0, 0.1) is 17.1 Å². The van der Waals surface area contributed by atoms with E-state index in [1.807, 2.05) is 6.07 Å². The van der Waals surface area contributed by atoms with Gasteiger partial charge in [0, 0.05) is 5.56 Å². The molecule has 4 heteroatoms. The van der Waals surface area contributed by atoms with Gasteiger partial charge in [-0.1, -0.05) is 12.1 Å². The van der Waals surface area contributed by atoms with Gasteiger partial charge in [-0.15, -0.1) is 0 Å². The van der Waals surface area contributed by atoms with Crippen molar-refractivity contribution in [1.82, 2.24) is 9.97 Å². The predicted octanol–water partition coefficient (Wildman–Crippen LogP) is 2.15. The number of hydrogen-bond acceptors (Lipinski definition) is 3. The molecule has 1 heterocycles. The van der Waals surface area contributed by atoms with Gasteiger partial charge in [0.05, 0.1) is 24.0 Å². The van der Waals surface area contributed by atoms with Gasteiger partial charge in [-0.2, -0.15) is 5.26 Å². The van der Waals surface area contributed by atoms with E-state index < -0.39 is 5.82 Å². The molecule has 0 fully saturated rings. The maximum Gasteiger partial charge on any atom is 0.160 e. The molecule has 0 N–H and O–H groups in total. The van der Waals surface area contributed by atoms with Crippen molar-refractivity contribution in [2.75, 3.05) is 0 Å². The number of aromatic nitrogens is 2. The van der Waals surface area contributed by atoms with Gasteiger partial charge in [0.1, 0.15) is 0 Å². The summed E-state index contributed by atoms with van der Waals surface area (Å²) in [4.78, 5) is 7.64. The fourth-order valence-corrected chi connectivity index (χ4v) is 1.23. The second-order valence-corrected chi connectivity index (χ2v) is 2.88. The summed E-state index contributed by atoms with van der Waals surface area (Å²) in [7, 11) is 0. The molecule has 15 heavy (non-hydrogen) atoms. The van der Waals surface area contributed by atoms with Crippen LogP contribution in [0.5, 0.6) is 0 Å². The monoisotopic (exact) mass is 199 g/mol. The molecule has 72 valence electrons. The summed E-state index contributed by atoms with van der Waals surface area (Å²) in [6.45, 7) is 0. The quantitative estimate of drug-likeness (QED) is 0.707. The van der Waals surface area contributed by atoms with Crippen molar-refractivity contribution in [2.24, 2.45) is 0 Å². The van der Waals surface area contributed by atoms with Crippen LogP contribution in [0.2, 0.25) is 0 Å². The molecule has 0 radical (unpaired) electrons. The van der Waals surface area contributed by atoms with Gasteiger partial charge < -0.3 is 0 Å². The maximum atomic E-state index is 12.6. The highest BCUT2D eigenvalue weighted by Gasteiger charge is 2.06. The molecule has 2 aromatic rings. The minimum Gasteiger partial charge on any atom is -0.233 e. The number of rotatable bonds is 1. The Morgan fingerprint density at radius 1 is 1.13 bits per heavy atom. The molecule has 0 unspecified atom stereocenters. The van der Waals surface area contributed by atoms with E-state index in [-0.39, 0.29) is 0 Å². The lowest BCUT2D eigenvalue weighted by Crippen LogP contribution is -1.92. The molecule has 0 aliphatic rings. The average molecular weight is 199 g/mol. The fourth-order valence-electron chi connectivity index (χ4n) is 1.23. The smallest absolute Gasteiger partial charge is 0.160 e. The third kappa shape index (κ3) is 1.81. The first-order valence-electron chi connectivity index (χ1n) is 4.28. The molecule has 0 aliphatic carbocycles. The minimum atomic E-state index is -0.492. The molecule has 1 aromatic carbocycles. The molecule has 1 aromatic heterocycles. The SMILES string of the molecule is N#Cc1ccccc1-c1ncc(F)cn1. The highest BCUT2D eigenvalue weighted by Crippen LogP contribution is 2.18. The van der Waals surface area contributed by atoms with Gasteiger partial charge in [-0.25, -0.2) is 14.4 Å².